The van der Waals surface area contributed by atoms with Crippen molar-refractivity contribution in [1.29, 1.82) is 0 Å². The highest BCUT2D eigenvalue weighted by molar-refractivity contribution is 7.14. The lowest BCUT2D eigenvalue weighted by molar-refractivity contribution is 0.0600. The molecule has 1 N–H and O–H groups in total. The zero-order valence-corrected chi connectivity index (χ0v) is 15.7. The summed E-state index contributed by atoms with van der Waals surface area (Å²) in [6.07, 6.45) is 4.55. The van der Waals surface area contributed by atoms with Crippen molar-refractivity contribution in [1.82, 2.24) is 4.90 Å². The summed E-state index contributed by atoms with van der Waals surface area (Å²) < 4.78 is 4.88. The maximum atomic E-state index is 11.9. The standard InChI is InChI=1S/C18H26N2O4S/c1-12-14(17(21)24-2)11-25-16(12)20-8-4-3-5-15(20)13-6-9-19(10-7-13)18(22)23/h11,13,15H,3-10H2,1-2H3,(H,22,23). The molecule has 2 fully saturated rings. The number of carbonyl (C=O) groups excluding carboxylic acids is 1. The molecule has 0 bridgehead atoms. The smallest absolute Gasteiger partial charge is 0.407 e. The fraction of sp³-hybridized carbons (Fsp3) is 0.667. The molecule has 0 aliphatic carbocycles. The SMILES string of the molecule is COC(=O)c1csc(N2CCCCC2C2CCN(C(=O)O)CC2)c1C. The van der Waals surface area contributed by atoms with Gasteiger partial charge in [0.2, 0.25) is 0 Å². The maximum Gasteiger partial charge on any atom is 0.407 e. The molecule has 25 heavy (non-hydrogen) atoms. The van der Waals surface area contributed by atoms with Crippen LogP contribution in [0.5, 0.6) is 0 Å². The highest BCUT2D eigenvalue weighted by atomic mass is 32.1. The molecule has 6 nitrogen and oxygen atoms in total. The van der Waals surface area contributed by atoms with Gasteiger partial charge in [0.15, 0.2) is 0 Å². The van der Waals surface area contributed by atoms with Gasteiger partial charge in [0, 0.05) is 31.1 Å². The quantitative estimate of drug-likeness (QED) is 0.828. The molecule has 2 aliphatic rings. The van der Waals surface area contributed by atoms with Gasteiger partial charge in [-0.25, -0.2) is 9.59 Å². The zero-order chi connectivity index (χ0) is 18.0. The molecular formula is C18H26N2O4S. The number of nitrogens with zero attached hydrogens (tertiary/aromatic N) is 2. The summed E-state index contributed by atoms with van der Waals surface area (Å²) >= 11 is 1.62. The molecule has 2 saturated heterocycles. The lowest BCUT2D eigenvalue weighted by atomic mass is 9.83. The largest absolute Gasteiger partial charge is 0.465 e. The maximum absolute atomic E-state index is 11.9. The number of ether oxygens (including phenoxy) is 1. The van der Waals surface area contributed by atoms with E-state index in [9.17, 15) is 9.59 Å². The first-order valence-electron chi connectivity index (χ1n) is 8.93. The highest BCUT2D eigenvalue weighted by Gasteiger charge is 2.35. The molecule has 1 unspecified atom stereocenters. The predicted molar refractivity (Wildman–Crippen MR) is 97.7 cm³/mol. The van der Waals surface area contributed by atoms with Gasteiger partial charge in [0.25, 0.3) is 0 Å². The molecular weight excluding hydrogens is 340 g/mol. The Bertz CT molecular complexity index is 637. The molecule has 1 amide bonds. The van der Waals surface area contributed by atoms with Crippen molar-refractivity contribution in [2.75, 3.05) is 31.6 Å². The van der Waals surface area contributed by atoms with E-state index in [1.165, 1.54) is 23.4 Å². The Hall–Kier alpha value is -1.76. The van der Waals surface area contributed by atoms with Gasteiger partial charge >= 0.3 is 12.1 Å². The number of carbonyl (C=O) groups is 2. The second-order valence-corrected chi connectivity index (χ2v) is 7.79. The van der Waals surface area contributed by atoms with Crippen LogP contribution in [-0.2, 0) is 4.74 Å². The van der Waals surface area contributed by atoms with Gasteiger partial charge in [-0.15, -0.1) is 11.3 Å². The van der Waals surface area contributed by atoms with E-state index in [1.54, 1.807) is 11.3 Å². The Morgan fingerprint density at radius 3 is 2.56 bits per heavy atom. The van der Waals surface area contributed by atoms with Crippen LogP contribution in [0.1, 0.15) is 48.0 Å². The Balaban J connectivity index is 1.77. The summed E-state index contributed by atoms with van der Waals surface area (Å²) in [5, 5.41) is 12.2. The van der Waals surface area contributed by atoms with Crippen LogP contribution in [0.25, 0.3) is 0 Å². The van der Waals surface area contributed by atoms with Gasteiger partial charge in [-0.3, -0.25) is 0 Å². The van der Waals surface area contributed by atoms with Crippen LogP contribution < -0.4 is 4.90 Å². The number of methoxy groups -OCH3 is 1. The Morgan fingerprint density at radius 1 is 1.20 bits per heavy atom. The van der Waals surface area contributed by atoms with Gasteiger partial charge in [0.05, 0.1) is 17.7 Å². The topological polar surface area (TPSA) is 70.1 Å². The Kier molecular flexibility index (Phi) is 5.51. The van der Waals surface area contributed by atoms with E-state index in [2.05, 4.69) is 4.90 Å². The number of esters is 1. The number of hydrogen-bond donors (Lipinski definition) is 1. The van der Waals surface area contributed by atoms with Gasteiger partial charge in [-0.1, -0.05) is 0 Å². The number of rotatable bonds is 3. The predicted octanol–water partition coefficient (Wildman–Crippen LogP) is 3.59. The van der Waals surface area contributed by atoms with Crippen LogP contribution in [0.4, 0.5) is 9.80 Å². The summed E-state index contributed by atoms with van der Waals surface area (Å²) in [6.45, 7) is 4.25. The summed E-state index contributed by atoms with van der Waals surface area (Å²) in [6, 6.07) is 0.438. The first kappa shape index (κ1) is 18.0. The third kappa shape index (κ3) is 3.61. The van der Waals surface area contributed by atoms with E-state index in [4.69, 9.17) is 9.84 Å². The van der Waals surface area contributed by atoms with E-state index in [0.29, 0.717) is 30.6 Å². The minimum absolute atomic E-state index is 0.275. The summed E-state index contributed by atoms with van der Waals surface area (Å²) in [7, 11) is 1.42. The minimum atomic E-state index is -0.809. The molecule has 0 saturated carbocycles. The van der Waals surface area contributed by atoms with Gasteiger partial charge in [-0.2, -0.15) is 0 Å². The van der Waals surface area contributed by atoms with Crippen molar-refractivity contribution in [3.8, 4) is 0 Å². The van der Waals surface area contributed by atoms with E-state index in [0.717, 1.165) is 37.8 Å². The normalized spacial score (nSPS) is 22.1. The van der Waals surface area contributed by atoms with Gasteiger partial charge in [0.1, 0.15) is 0 Å². The molecule has 1 atom stereocenters. The highest BCUT2D eigenvalue weighted by Crippen LogP contribution is 2.39. The van der Waals surface area contributed by atoms with Crippen molar-refractivity contribution in [3.05, 3.63) is 16.5 Å². The number of piperidine rings is 2. The second kappa shape index (κ2) is 7.64. The van der Waals surface area contributed by atoms with E-state index in [1.807, 2.05) is 12.3 Å². The molecule has 138 valence electrons. The summed E-state index contributed by atoms with van der Waals surface area (Å²) in [5.74, 6) is 0.238. The zero-order valence-electron chi connectivity index (χ0n) is 14.9. The fourth-order valence-corrected chi connectivity index (χ4v) is 5.33. The lowest BCUT2D eigenvalue weighted by Gasteiger charge is -2.44. The third-order valence-electron chi connectivity index (χ3n) is 5.58. The number of amides is 1. The number of thiophene rings is 1. The number of anilines is 1. The van der Waals surface area contributed by atoms with Crippen molar-refractivity contribution in [3.63, 3.8) is 0 Å². The molecule has 2 aliphatic heterocycles. The molecule has 7 heteroatoms. The lowest BCUT2D eigenvalue weighted by Crippen LogP contribution is -2.48. The molecule has 0 aromatic carbocycles. The summed E-state index contributed by atoms with van der Waals surface area (Å²) in [5.41, 5.74) is 1.67. The third-order valence-corrected chi connectivity index (χ3v) is 6.70. The summed E-state index contributed by atoms with van der Waals surface area (Å²) in [4.78, 5) is 27.0. The average molecular weight is 366 g/mol. The Labute approximate surface area is 152 Å². The molecule has 3 rings (SSSR count). The van der Waals surface area contributed by atoms with Crippen molar-refractivity contribution in [2.45, 2.75) is 45.1 Å². The molecule has 3 heterocycles. The van der Waals surface area contributed by atoms with Crippen LogP contribution in [0.15, 0.2) is 5.38 Å². The first-order chi connectivity index (χ1) is 12.0. The van der Waals surface area contributed by atoms with E-state index >= 15 is 0 Å². The number of likely N-dealkylation sites (tertiary alicyclic amines) is 1. The monoisotopic (exact) mass is 366 g/mol. The van der Waals surface area contributed by atoms with Crippen molar-refractivity contribution >= 4 is 28.4 Å². The van der Waals surface area contributed by atoms with E-state index in [-0.39, 0.29) is 5.97 Å². The van der Waals surface area contributed by atoms with Crippen LogP contribution in [0.2, 0.25) is 0 Å². The Morgan fingerprint density at radius 2 is 1.92 bits per heavy atom. The second-order valence-electron chi connectivity index (χ2n) is 6.93. The first-order valence-corrected chi connectivity index (χ1v) is 9.81. The molecule has 1 aromatic rings. The van der Waals surface area contributed by atoms with Crippen LogP contribution in [0.3, 0.4) is 0 Å². The van der Waals surface area contributed by atoms with Crippen molar-refractivity contribution in [2.24, 2.45) is 5.92 Å². The fourth-order valence-electron chi connectivity index (χ4n) is 4.18. The van der Waals surface area contributed by atoms with Gasteiger partial charge < -0.3 is 19.6 Å². The van der Waals surface area contributed by atoms with Crippen LogP contribution in [-0.4, -0.2) is 54.9 Å². The molecule has 1 aromatic heterocycles. The van der Waals surface area contributed by atoms with E-state index < -0.39 is 6.09 Å². The minimum Gasteiger partial charge on any atom is -0.465 e. The van der Waals surface area contributed by atoms with Gasteiger partial charge in [-0.05, 0) is 50.5 Å². The van der Waals surface area contributed by atoms with Crippen LogP contribution >= 0.6 is 11.3 Å². The molecule has 0 radical (unpaired) electrons. The molecule has 0 spiro atoms. The number of hydrogen-bond acceptors (Lipinski definition) is 5. The van der Waals surface area contributed by atoms with Crippen molar-refractivity contribution < 1.29 is 19.4 Å². The van der Waals surface area contributed by atoms with Crippen LogP contribution in [0, 0.1) is 12.8 Å². The number of carboxylic acid groups (broad SMARTS) is 1. The average Bonchev–Trinajstić information content (AvgIpc) is 3.02.